The maximum Gasteiger partial charge on any atom is 0.239 e. The van der Waals surface area contributed by atoms with Crippen LogP contribution < -0.4 is 5.32 Å². The summed E-state index contributed by atoms with van der Waals surface area (Å²) >= 11 is 0. The first-order valence-corrected chi connectivity index (χ1v) is 5.70. The lowest BCUT2D eigenvalue weighted by Crippen LogP contribution is -2.53. The third kappa shape index (κ3) is 3.80. The summed E-state index contributed by atoms with van der Waals surface area (Å²) in [5.74, 6) is 0.0139. The highest BCUT2D eigenvalue weighted by molar-refractivity contribution is 5.81. The van der Waals surface area contributed by atoms with E-state index in [1.54, 1.807) is 7.05 Å². The molecule has 0 saturated carbocycles. The predicted molar refractivity (Wildman–Crippen MR) is 59.7 cm³/mol. The molecule has 0 bridgehead atoms. The first kappa shape index (κ1) is 12.9. The van der Waals surface area contributed by atoms with E-state index in [4.69, 9.17) is 10.00 Å². The molecule has 1 atom stereocenters. The van der Waals surface area contributed by atoms with Crippen molar-refractivity contribution in [2.24, 2.45) is 0 Å². The van der Waals surface area contributed by atoms with Crippen LogP contribution in [0.2, 0.25) is 0 Å². The summed E-state index contributed by atoms with van der Waals surface area (Å²) in [4.78, 5) is 13.7. The number of unbranched alkanes of at least 4 members (excludes halogenated alkanes) is 2. The zero-order valence-electron chi connectivity index (χ0n) is 9.74. The maximum atomic E-state index is 11.6. The molecule has 90 valence electrons. The van der Waals surface area contributed by atoms with Crippen molar-refractivity contribution in [3.63, 3.8) is 0 Å². The molecule has 5 nitrogen and oxygen atoms in total. The summed E-state index contributed by atoms with van der Waals surface area (Å²) in [6.07, 6.45) is 2.45. The SMILES string of the molecule is CNC(=O)C1COCCN1CCCCC#N. The molecule has 1 N–H and O–H groups in total. The molecule has 0 aliphatic carbocycles. The smallest absolute Gasteiger partial charge is 0.239 e. The first-order chi connectivity index (χ1) is 7.79. The van der Waals surface area contributed by atoms with Crippen molar-refractivity contribution >= 4 is 5.91 Å². The van der Waals surface area contributed by atoms with E-state index in [9.17, 15) is 4.79 Å². The Morgan fingerprint density at radius 1 is 1.62 bits per heavy atom. The largest absolute Gasteiger partial charge is 0.378 e. The number of nitrogens with one attached hydrogen (secondary N) is 1. The Balaban J connectivity index is 2.35. The summed E-state index contributed by atoms with van der Waals surface area (Å²) in [5.41, 5.74) is 0. The Morgan fingerprint density at radius 2 is 2.44 bits per heavy atom. The lowest BCUT2D eigenvalue weighted by atomic mass is 10.1. The van der Waals surface area contributed by atoms with Crippen LogP contribution in [0.15, 0.2) is 0 Å². The Morgan fingerprint density at radius 3 is 3.12 bits per heavy atom. The summed E-state index contributed by atoms with van der Waals surface area (Å²) in [7, 11) is 1.64. The van der Waals surface area contributed by atoms with E-state index >= 15 is 0 Å². The van der Waals surface area contributed by atoms with Crippen molar-refractivity contribution in [1.82, 2.24) is 10.2 Å². The van der Waals surface area contributed by atoms with Crippen LogP contribution in [0, 0.1) is 11.3 Å². The summed E-state index contributed by atoms with van der Waals surface area (Å²) in [6, 6.07) is 1.96. The average Bonchev–Trinajstić information content (AvgIpc) is 2.34. The van der Waals surface area contributed by atoms with Gasteiger partial charge in [0.15, 0.2) is 0 Å². The Hall–Kier alpha value is -1.12. The molecule has 1 aliphatic rings. The van der Waals surface area contributed by atoms with Crippen LogP contribution >= 0.6 is 0 Å². The van der Waals surface area contributed by atoms with Crippen LogP contribution in [0.5, 0.6) is 0 Å². The number of rotatable bonds is 5. The minimum Gasteiger partial charge on any atom is -0.378 e. The van der Waals surface area contributed by atoms with Crippen molar-refractivity contribution in [2.75, 3.05) is 33.4 Å². The molecule has 5 heteroatoms. The van der Waals surface area contributed by atoms with Gasteiger partial charge in [0.2, 0.25) is 5.91 Å². The third-order valence-electron chi connectivity index (χ3n) is 2.77. The molecule has 0 aromatic carbocycles. The maximum absolute atomic E-state index is 11.6. The molecule has 0 aromatic heterocycles. The minimum atomic E-state index is -0.166. The van der Waals surface area contributed by atoms with Gasteiger partial charge in [-0.25, -0.2) is 0 Å². The number of nitriles is 1. The quantitative estimate of drug-likeness (QED) is 0.675. The molecule has 1 unspecified atom stereocenters. The highest BCUT2D eigenvalue weighted by Crippen LogP contribution is 2.09. The van der Waals surface area contributed by atoms with Crippen molar-refractivity contribution < 1.29 is 9.53 Å². The zero-order chi connectivity index (χ0) is 11.8. The number of nitrogens with zero attached hydrogens (tertiary/aromatic N) is 2. The van der Waals surface area contributed by atoms with E-state index in [-0.39, 0.29) is 11.9 Å². The number of carbonyl (C=O) groups is 1. The van der Waals surface area contributed by atoms with Crippen molar-refractivity contribution in [1.29, 1.82) is 5.26 Å². The van der Waals surface area contributed by atoms with E-state index in [2.05, 4.69) is 16.3 Å². The van der Waals surface area contributed by atoms with Gasteiger partial charge in [0.05, 0.1) is 19.3 Å². The number of hydrogen-bond acceptors (Lipinski definition) is 4. The molecule has 0 radical (unpaired) electrons. The van der Waals surface area contributed by atoms with Gasteiger partial charge in [0.1, 0.15) is 6.04 Å². The van der Waals surface area contributed by atoms with Crippen molar-refractivity contribution in [2.45, 2.75) is 25.3 Å². The van der Waals surface area contributed by atoms with Gasteiger partial charge in [0, 0.05) is 20.0 Å². The second-order valence-corrected chi connectivity index (χ2v) is 3.86. The average molecular weight is 225 g/mol. The van der Waals surface area contributed by atoms with Crippen LogP contribution in [0.4, 0.5) is 0 Å². The Bertz CT molecular complexity index is 262. The molecule has 0 aromatic rings. The molecule has 1 heterocycles. The van der Waals surface area contributed by atoms with Crippen LogP contribution in [0.25, 0.3) is 0 Å². The molecule has 16 heavy (non-hydrogen) atoms. The van der Waals surface area contributed by atoms with Crippen LogP contribution in [-0.2, 0) is 9.53 Å². The highest BCUT2D eigenvalue weighted by Gasteiger charge is 2.27. The molecule has 1 amide bonds. The van der Waals surface area contributed by atoms with Gasteiger partial charge < -0.3 is 10.1 Å². The van der Waals surface area contributed by atoms with E-state index in [1.807, 2.05) is 0 Å². The number of amides is 1. The predicted octanol–water partition coefficient (Wildman–Crippen LogP) is 0.127. The molecular weight excluding hydrogens is 206 g/mol. The second-order valence-electron chi connectivity index (χ2n) is 3.86. The van der Waals surface area contributed by atoms with Crippen LogP contribution in [0.1, 0.15) is 19.3 Å². The zero-order valence-corrected chi connectivity index (χ0v) is 9.74. The lowest BCUT2D eigenvalue weighted by molar-refractivity contribution is -0.132. The molecule has 1 aliphatic heterocycles. The van der Waals surface area contributed by atoms with Gasteiger partial charge in [-0.2, -0.15) is 5.26 Å². The van der Waals surface area contributed by atoms with Crippen molar-refractivity contribution in [3.8, 4) is 6.07 Å². The van der Waals surface area contributed by atoms with Gasteiger partial charge in [-0.15, -0.1) is 0 Å². The number of ether oxygens (including phenoxy) is 1. The van der Waals surface area contributed by atoms with E-state index in [0.29, 0.717) is 19.6 Å². The van der Waals surface area contributed by atoms with E-state index in [1.165, 1.54) is 0 Å². The fourth-order valence-electron chi connectivity index (χ4n) is 1.83. The number of hydrogen-bond donors (Lipinski definition) is 1. The summed E-state index contributed by atoms with van der Waals surface area (Å²) in [6.45, 7) is 2.82. The van der Waals surface area contributed by atoms with Gasteiger partial charge in [0.25, 0.3) is 0 Å². The van der Waals surface area contributed by atoms with Gasteiger partial charge in [-0.05, 0) is 19.4 Å². The summed E-state index contributed by atoms with van der Waals surface area (Å²) < 4.78 is 5.31. The highest BCUT2D eigenvalue weighted by atomic mass is 16.5. The van der Waals surface area contributed by atoms with Crippen LogP contribution in [0.3, 0.4) is 0 Å². The van der Waals surface area contributed by atoms with Crippen molar-refractivity contribution in [3.05, 3.63) is 0 Å². The number of morpholine rings is 1. The fourth-order valence-corrected chi connectivity index (χ4v) is 1.83. The summed E-state index contributed by atoms with van der Waals surface area (Å²) in [5, 5.41) is 11.1. The van der Waals surface area contributed by atoms with E-state index in [0.717, 1.165) is 25.9 Å². The molecule has 1 rings (SSSR count). The normalized spacial score (nSPS) is 21.4. The first-order valence-electron chi connectivity index (χ1n) is 5.70. The molecular formula is C11H19N3O2. The standard InChI is InChI=1S/C11H19N3O2/c1-13-11(15)10-9-16-8-7-14(10)6-4-2-3-5-12/h10H,2-4,6-9H2,1H3,(H,13,15). The topological polar surface area (TPSA) is 65.4 Å². The van der Waals surface area contributed by atoms with Gasteiger partial charge in [-0.3, -0.25) is 9.69 Å². The Labute approximate surface area is 96.4 Å². The van der Waals surface area contributed by atoms with Gasteiger partial charge >= 0.3 is 0 Å². The number of carbonyl (C=O) groups excluding carboxylic acids is 1. The molecule has 1 fully saturated rings. The van der Waals surface area contributed by atoms with E-state index < -0.39 is 0 Å². The third-order valence-corrected chi connectivity index (χ3v) is 2.77. The number of likely N-dealkylation sites (N-methyl/N-ethyl adjacent to an activating group) is 1. The minimum absolute atomic E-state index is 0.0139. The van der Waals surface area contributed by atoms with Gasteiger partial charge in [-0.1, -0.05) is 0 Å². The lowest BCUT2D eigenvalue weighted by Gasteiger charge is -2.34. The second kappa shape index (κ2) is 7.20. The molecule has 1 saturated heterocycles. The fraction of sp³-hybridized carbons (Fsp3) is 0.818. The Kier molecular flexibility index (Phi) is 5.83. The molecule has 0 spiro atoms. The van der Waals surface area contributed by atoms with Crippen LogP contribution in [-0.4, -0.2) is 50.2 Å². The monoisotopic (exact) mass is 225 g/mol.